The van der Waals surface area contributed by atoms with Crippen molar-refractivity contribution in [1.82, 2.24) is 10.2 Å². The highest BCUT2D eigenvalue weighted by Gasteiger charge is 2.59. The van der Waals surface area contributed by atoms with E-state index < -0.39 is 11.6 Å². The molecule has 0 spiro atoms. The summed E-state index contributed by atoms with van der Waals surface area (Å²) in [6, 6.07) is 3.51. The molecule has 2 aliphatic heterocycles. The van der Waals surface area contributed by atoms with Gasteiger partial charge in [-0.1, -0.05) is 15.9 Å². The van der Waals surface area contributed by atoms with Crippen molar-refractivity contribution in [3.8, 4) is 5.75 Å². The molecule has 3 unspecified atom stereocenters. The van der Waals surface area contributed by atoms with E-state index in [4.69, 9.17) is 26.4 Å². The van der Waals surface area contributed by atoms with Crippen molar-refractivity contribution in [2.45, 2.75) is 25.6 Å². The van der Waals surface area contributed by atoms with E-state index in [0.29, 0.717) is 30.6 Å². The van der Waals surface area contributed by atoms with Crippen LogP contribution in [0.1, 0.15) is 25.5 Å². The van der Waals surface area contributed by atoms with Gasteiger partial charge in [-0.2, -0.15) is 0 Å². The molecule has 3 atom stereocenters. The minimum atomic E-state index is -0.985. The zero-order valence-electron chi connectivity index (χ0n) is 14.7. The van der Waals surface area contributed by atoms with Crippen LogP contribution in [0.15, 0.2) is 21.1 Å². The Morgan fingerprint density at radius 3 is 2.85 bits per heavy atom. The Hall–Kier alpha value is -0.900. The highest BCUT2D eigenvalue weighted by atomic mass is 79.9. The van der Waals surface area contributed by atoms with Crippen LogP contribution in [0.4, 0.5) is 0 Å². The van der Waals surface area contributed by atoms with Gasteiger partial charge in [-0.3, -0.25) is 4.79 Å². The molecule has 0 radical (unpaired) electrons. The molecule has 2 aliphatic rings. The summed E-state index contributed by atoms with van der Waals surface area (Å²) in [5, 5.41) is 3.84. The van der Waals surface area contributed by atoms with Gasteiger partial charge in [0, 0.05) is 23.7 Å². The Bertz CT molecular complexity index is 748. The van der Waals surface area contributed by atoms with Crippen molar-refractivity contribution in [2.24, 2.45) is 5.92 Å². The van der Waals surface area contributed by atoms with Crippen LogP contribution >= 0.6 is 44.1 Å². The highest BCUT2D eigenvalue weighted by molar-refractivity contribution is 9.11. The summed E-state index contributed by atoms with van der Waals surface area (Å²) in [5.41, 5.74) is -0.128. The van der Waals surface area contributed by atoms with Crippen molar-refractivity contribution in [3.05, 3.63) is 26.6 Å². The predicted octanol–water partition coefficient (Wildman–Crippen LogP) is 3.38. The number of benzene rings is 1. The molecule has 0 aliphatic carbocycles. The maximum Gasteiger partial charge on any atom is 0.317 e. The van der Waals surface area contributed by atoms with Crippen molar-refractivity contribution >= 4 is 55.2 Å². The molecular weight excluding hydrogens is 488 g/mol. The number of carbonyl (C=O) groups excluding carboxylic acids is 1. The monoisotopic (exact) mass is 506 g/mol. The Kier molecular flexibility index (Phi) is 5.81. The van der Waals surface area contributed by atoms with Crippen molar-refractivity contribution in [3.63, 3.8) is 0 Å². The molecule has 3 rings (SSSR count). The average Bonchev–Trinajstić information content (AvgIpc) is 2.56. The molecule has 0 amide bonds. The first-order chi connectivity index (χ1) is 12.3. The van der Waals surface area contributed by atoms with Gasteiger partial charge in [0.2, 0.25) is 0 Å². The summed E-state index contributed by atoms with van der Waals surface area (Å²) in [4.78, 5) is 14.7. The van der Waals surface area contributed by atoms with E-state index in [-0.39, 0.29) is 12.0 Å². The maximum atomic E-state index is 12.9. The molecule has 1 saturated heterocycles. The lowest BCUT2D eigenvalue weighted by molar-refractivity contribution is -0.176. The van der Waals surface area contributed by atoms with Gasteiger partial charge in [0.1, 0.15) is 11.7 Å². The van der Waals surface area contributed by atoms with Gasteiger partial charge in [-0.15, -0.1) is 0 Å². The summed E-state index contributed by atoms with van der Waals surface area (Å²) in [7, 11) is 1.62. The second kappa shape index (κ2) is 7.61. The molecule has 2 bridgehead atoms. The van der Waals surface area contributed by atoms with Crippen LogP contribution in [0, 0.1) is 5.92 Å². The first kappa shape index (κ1) is 19.9. The quantitative estimate of drug-likeness (QED) is 0.484. The fraction of sp³-hybridized carbons (Fsp3) is 0.529. The summed E-state index contributed by atoms with van der Waals surface area (Å²) in [6.45, 7) is 4.92. The van der Waals surface area contributed by atoms with Crippen LogP contribution in [-0.2, 0) is 14.3 Å². The molecular formula is C17H20Br2N2O4S. The topological polar surface area (TPSA) is 60.0 Å². The van der Waals surface area contributed by atoms with Gasteiger partial charge in [0.05, 0.1) is 23.7 Å². The van der Waals surface area contributed by atoms with E-state index >= 15 is 0 Å². The average molecular weight is 508 g/mol. The summed E-state index contributed by atoms with van der Waals surface area (Å²) in [6.07, 6.45) is 0. The summed E-state index contributed by atoms with van der Waals surface area (Å²) in [5.74, 6) is -0.211. The molecule has 2 heterocycles. The second-order valence-corrected chi connectivity index (χ2v) is 8.42. The van der Waals surface area contributed by atoms with Gasteiger partial charge in [0.25, 0.3) is 0 Å². The van der Waals surface area contributed by atoms with Crippen molar-refractivity contribution in [1.29, 1.82) is 0 Å². The Morgan fingerprint density at radius 1 is 1.46 bits per heavy atom. The third-order valence-electron chi connectivity index (χ3n) is 4.71. The molecule has 1 aromatic rings. The van der Waals surface area contributed by atoms with E-state index in [1.807, 2.05) is 24.0 Å². The molecule has 0 saturated carbocycles. The van der Waals surface area contributed by atoms with Gasteiger partial charge in [-0.25, -0.2) is 0 Å². The minimum absolute atomic E-state index is 0.301. The summed E-state index contributed by atoms with van der Waals surface area (Å²) >= 11 is 12.6. The van der Waals surface area contributed by atoms with Gasteiger partial charge < -0.3 is 24.4 Å². The van der Waals surface area contributed by atoms with Gasteiger partial charge in [-0.05, 0) is 54.1 Å². The van der Waals surface area contributed by atoms with Crippen LogP contribution < -0.4 is 10.1 Å². The second-order valence-electron chi connectivity index (χ2n) is 6.26. The van der Waals surface area contributed by atoms with E-state index in [9.17, 15) is 4.79 Å². The number of halogens is 2. The maximum absolute atomic E-state index is 12.9. The van der Waals surface area contributed by atoms with Crippen LogP contribution in [0.2, 0.25) is 0 Å². The number of esters is 1. The normalized spacial score (nSPS) is 26.7. The zero-order valence-corrected chi connectivity index (χ0v) is 18.7. The zero-order chi connectivity index (χ0) is 19.1. The predicted molar refractivity (Wildman–Crippen MR) is 108 cm³/mol. The Labute approximate surface area is 174 Å². The first-order valence-corrected chi connectivity index (χ1v) is 10.2. The lowest BCUT2D eigenvalue weighted by atomic mass is 9.79. The molecule has 0 aromatic heterocycles. The van der Waals surface area contributed by atoms with Gasteiger partial charge >= 0.3 is 5.97 Å². The van der Waals surface area contributed by atoms with Crippen LogP contribution in [0.25, 0.3) is 0 Å². The molecule has 26 heavy (non-hydrogen) atoms. The van der Waals surface area contributed by atoms with Crippen molar-refractivity contribution < 1.29 is 19.0 Å². The molecule has 1 fully saturated rings. The number of thiocarbonyl (C=S) groups is 1. The largest absolute Gasteiger partial charge is 0.466 e. The molecule has 6 nitrogen and oxygen atoms in total. The lowest BCUT2D eigenvalue weighted by Crippen LogP contribution is -2.71. The van der Waals surface area contributed by atoms with Gasteiger partial charge in [0.15, 0.2) is 10.8 Å². The highest BCUT2D eigenvalue weighted by Crippen LogP contribution is 2.51. The van der Waals surface area contributed by atoms with E-state index in [2.05, 4.69) is 37.2 Å². The van der Waals surface area contributed by atoms with Crippen LogP contribution in [0.5, 0.6) is 5.75 Å². The number of ether oxygens (including phenoxy) is 3. The Balaban J connectivity index is 2.14. The van der Waals surface area contributed by atoms with Crippen molar-refractivity contribution in [2.75, 3.05) is 26.9 Å². The van der Waals surface area contributed by atoms with E-state index in [0.717, 1.165) is 14.5 Å². The van der Waals surface area contributed by atoms with Crippen LogP contribution in [0.3, 0.4) is 0 Å². The van der Waals surface area contributed by atoms with E-state index in [1.54, 1.807) is 14.0 Å². The SMILES string of the molecule is CCOC(=O)C1C2NC(=S)N(CCOC)C1(C)Oc1c(Br)cc(Br)cc12. The third kappa shape index (κ3) is 3.23. The van der Waals surface area contributed by atoms with Crippen LogP contribution in [-0.4, -0.2) is 48.6 Å². The standard InChI is InChI=1S/C17H20Br2N2O4S/c1-4-24-15(22)12-13-10-7-9(18)8-11(19)14(10)25-17(12,2)21(5-6-23-3)16(26)20-13/h7-8,12-13H,4-6H2,1-3H3,(H,20,26). The summed E-state index contributed by atoms with van der Waals surface area (Å²) < 4.78 is 18.7. The lowest BCUT2D eigenvalue weighted by Gasteiger charge is -2.55. The first-order valence-electron chi connectivity index (χ1n) is 8.25. The minimum Gasteiger partial charge on any atom is -0.466 e. The molecule has 9 heteroatoms. The number of carbonyl (C=O) groups is 1. The third-order valence-corrected chi connectivity index (χ3v) is 6.10. The number of nitrogens with zero attached hydrogens (tertiary/aromatic N) is 1. The number of hydrogen-bond acceptors (Lipinski definition) is 5. The Morgan fingerprint density at radius 2 is 2.19 bits per heavy atom. The number of fused-ring (bicyclic) bond motifs is 4. The molecule has 1 N–H and O–H groups in total. The number of hydrogen-bond donors (Lipinski definition) is 1. The van der Waals surface area contributed by atoms with E-state index in [1.165, 1.54) is 0 Å². The fourth-order valence-electron chi connectivity index (χ4n) is 3.57. The number of methoxy groups -OCH3 is 1. The number of nitrogens with one attached hydrogen (secondary N) is 1. The molecule has 1 aromatic carbocycles. The molecule has 142 valence electrons. The smallest absolute Gasteiger partial charge is 0.317 e. The fourth-order valence-corrected chi connectivity index (χ4v) is 5.31. The number of rotatable bonds is 5.